The first kappa shape index (κ1) is 12.9. The van der Waals surface area contributed by atoms with E-state index in [2.05, 4.69) is 22.3 Å². The Kier molecular flexibility index (Phi) is 4.36. The number of hydrogen-bond acceptors (Lipinski definition) is 3. The Balaban J connectivity index is 1.46. The Labute approximate surface area is 115 Å². The summed E-state index contributed by atoms with van der Waals surface area (Å²) in [7, 11) is 0. The van der Waals surface area contributed by atoms with Crippen molar-refractivity contribution in [2.24, 2.45) is 0 Å². The van der Waals surface area contributed by atoms with E-state index in [1.165, 1.54) is 38.8 Å². The fourth-order valence-corrected chi connectivity index (χ4v) is 3.27. The van der Waals surface area contributed by atoms with Crippen LogP contribution >= 0.6 is 0 Å². The first-order valence-corrected chi connectivity index (χ1v) is 7.58. The molecule has 104 valence electrons. The minimum atomic E-state index is 0.418. The smallest absolute Gasteiger partial charge is 0.119 e. The SMILES string of the molecule is c1ccc(OC2CCC(N3CCNCC3)CC2)cc1. The molecular formula is C16H24N2O. The minimum Gasteiger partial charge on any atom is -0.490 e. The topological polar surface area (TPSA) is 24.5 Å². The van der Waals surface area contributed by atoms with Crippen LogP contribution in [0.3, 0.4) is 0 Å². The molecule has 0 spiro atoms. The number of rotatable bonds is 3. The van der Waals surface area contributed by atoms with Crippen molar-refractivity contribution in [1.29, 1.82) is 0 Å². The van der Waals surface area contributed by atoms with Crippen LogP contribution in [0.15, 0.2) is 30.3 Å². The summed E-state index contributed by atoms with van der Waals surface area (Å²) in [5.41, 5.74) is 0. The third kappa shape index (κ3) is 3.48. The molecule has 3 heteroatoms. The van der Waals surface area contributed by atoms with Gasteiger partial charge in [-0.1, -0.05) is 18.2 Å². The Morgan fingerprint density at radius 2 is 1.63 bits per heavy atom. The van der Waals surface area contributed by atoms with E-state index in [0.717, 1.165) is 24.9 Å². The first-order chi connectivity index (χ1) is 9.42. The van der Waals surface area contributed by atoms with Crippen molar-refractivity contribution in [2.45, 2.75) is 37.8 Å². The largest absolute Gasteiger partial charge is 0.490 e. The number of piperazine rings is 1. The lowest BCUT2D eigenvalue weighted by Gasteiger charge is -2.39. The summed E-state index contributed by atoms with van der Waals surface area (Å²) < 4.78 is 6.06. The van der Waals surface area contributed by atoms with Gasteiger partial charge in [0, 0.05) is 32.2 Å². The lowest BCUT2D eigenvalue weighted by atomic mass is 9.91. The summed E-state index contributed by atoms with van der Waals surface area (Å²) in [6, 6.07) is 11.0. The van der Waals surface area contributed by atoms with Gasteiger partial charge in [0.25, 0.3) is 0 Å². The second-order valence-corrected chi connectivity index (χ2v) is 5.65. The van der Waals surface area contributed by atoms with Gasteiger partial charge in [-0.15, -0.1) is 0 Å². The standard InChI is InChI=1S/C16H24N2O/c1-2-4-15(5-3-1)19-16-8-6-14(7-9-16)18-12-10-17-11-13-18/h1-5,14,16-17H,6-13H2. The second-order valence-electron chi connectivity index (χ2n) is 5.65. The number of ether oxygens (including phenoxy) is 1. The van der Waals surface area contributed by atoms with Crippen molar-refractivity contribution < 1.29 is 4.74 Å². The normalized spacial score (nSPS) is 29.1. The van der Waals surface area contributed by atoms with E-state index in [9.17, 15) is 0 Å². The van der Waals surface area contributed by atoms with Crippen molar-refractivity contribution >= 4 is 0 Å². The number of nitrogens with zero attached hydrogens (tertiary/aromatic N) is 1. The molecule has 0 amide bonds. The number of para-hydroxylation sites is 1. The van der Waals surface area contributed by atoms with E-state index in [1.807, 2.05) is 18.2 Å². The molecule has 1 heterocycles. The van der Waals surface area contributed by atoms with Crippen LogP contribution < -0.4 is 10.1 Å². The van der Waals surface area contributed by atoms with Gasteiger partial charge < -0.3 is 10.1 Å². The predicted octanol–water partition coefficient (Wildman–Crippen LogP) is 2.28. The van der Waals surface area contributed by atoms with Gasteiger partial charge in [-0.05, 0) is 37.8 Å². The zero-order valence-corrected chi connectivity index (χ0v) is 11.6. The van der Waals surface area contributed by atoms with Crippen molar-refractivity contribution in [2.75, 3.05) is 26.2 Å². The molecular weight excluding hydrogens is 236 g/mol. The summed E-state index contributed by atoms with van der Waals surface area (Å²) in [6.07, 6.45) is 5.39. The maximum absolute atomic E-state index is 6.06. The minimum absolute atomic E-state index is 0.418. The van der Waals surface area contributed by atoms with Crippen molar-refractivity contribution in [1.82, 2.24) is 10.2 Å². The van der Waals surface area contributed by atoms with Gasteiger partial charge in [0.05, 0.1) is 6.10 Å². The number of hydrogen-bond donors (Lipinski definition) is 1. The van der Waals surface area contributed by atoms with Gasteiger partial charge >= 0.3 is 0 Å². The summed E-state index contributed by atoms with van der Waals surface area (Å²) >= 11 is 0. The van der Waals surface area contributed by atoms with Crippen LogP contribution in [0.4, 0.5) is 0 Å². The van der Waals surface area contributed by atoms with Crippen LogP contribution in [0.2, 0.25) is 0 Å². The van der Waals surface area contributed by atoms with Crippen LogP contribution in [-0.2, 0) is 0 Å². The molecule has 1 saturated heterocycles. The number of benzene rings is 1. The fraction of sp³-hybridized carbons (Fsp3) is 0.625. The van der Waals surface area contributed by atoms with E-state index in [0.29, 0.717) is 6.10 Å². The highest BCUT2D eigenvalue weighted by Crippen LogP contribution is 2.26. The summed E-state index contributed by atoms with van der Waals surface area (Å²) in [5.74, 6) is 1.02. The van der Waals surface area contributed by atoms with Crippen molar-refractivity contribution in [3.05, 3.63) is 30.3 Å². The molecule has 0 atom stereocenters. The Bertz CT molecular complexity index is 368. The third-order valence-corrected chi connectivity index (χ3v) is 4.36. The maximum Gasteiger partial charge on any atom is 0.119 e. The molecule has 1 aliphatic heterocycles. The van der Waals surface area contributed by atoms with E-state index in [-0.39, 0.29) is 0 Å². The molecule has 2 fully saturated rings. The van der Waals surface area contributed by atoms with E-state index in [4.69, 9.17) is 4.74 Å². The Morgan fingerprint density at radius 1 is 0.947 bits per heavy atom. The molecule has 2 aliphatic rings. The summed E-state index contributed by atoms with van der Waals surface area (Å²) in [4.78, 5) is 2.66. The van der Waals surface area contributed by atoms with Crippen molar-refractivity contribution in [3.8, 4) is 5.75 Å². The molecule has 0 aromatic heterocycles. The molecule has 0 unspecified atom stereocenters. The van der Waals surface area contributed by atoms with E-state index in [1.54, 1.807) is 0 Å². The van der Waals surface area contributed by atoms with Gasteiger partial charge in [-0.3, -0.25) is 4.90 Å². The third-order valence-electron chi connectivity index (χ3n) is 4.36. The molecule has 3 nitrogen and oxygen atoms in total. The van der Waals surface area contributed by atoms with Gasteiger partial charge in [0.15, 0.2) is 0 Å². The molecule has 1 aromatic carbocycles. The monoisotopic (exact) mass is 260 g/mol. The highest BCUT2D eigenvalue weighted by Gasteiger charge is 2.27. The van der Waals surface area contributed by atoms with Gasteiger partial charge in [-0.2, -0.15) is 0 Å². The number of nitrogens with one attached hydrogen (secondary N) is 1. The lowest BCUT2D eigenvalue weighted by molar-refractivity contribution is 0.0810. The van der Waals surface area contributed by atoms with E-state index >= 15 is 0 Å². The van der Waals surface area contributed by atoms with Crippen LogP contribution in [0.25, 0.3) is 0 Å². The quantitative estimate of drug-likeness (QED) is 0.902. The summed E-state index contributed by atoms with van der Waals surface area (Å²) in [6.45, 7) is 4.74. The Morgan fingerprint density at radius 3 is 2.32 bits per heavy atom. The molecule has 0 bridgehead atoms. The molecule has 19 heavy (non-hydrogen) atoms. The average Bonchev–Trinajstić information content (AvgIpc) is 2.50. The zero-order chi connectivity index (χ0) is 12.9. The zero-order valence-electron chi connectivity index (χ0n) is 11.6. The molecule has 1 saturated carbocycles. The highest BCUT2D eigenvalue weighted by atomic mass is 16.5. The van der Waals surface area contributed by atoms with Gasteiger partial charge in [0.1, 0.15) is 5.75 Å². The molecule has 3 rings (SSSR count). The van der Waals surface area contributed by atoms with E-state index < -0.39 is 0 Å². The Hall–Kier alpha value is -1.06. The summed E-state index contributed by atoms with van der Waals surface area (Å²) in [5, 5.41) is 3.43. The van der Waals surface area contributed by atoms with Crippen LogP contribution in [0, 0.1) is 0 Å². The van der Waals surface area contributed by atoms with Crippen LogP contribution in [0.5, 0.6) is 5.75 Å². The van der Waals surface area contributed by atoms with Gasteiger partial charge in [0.2, 0.25) is 0 Å². The maximum atomic E-state index is 6.06. The van der Waals surface area contributed by atoms with Crippen molar-refractivity contribution in [3.63, 3.8) is 0 Å². The molecule has 1 aliphatic carbocycles. The first-order valence-electron chi connectivity index (χ1n) is 7.58. The second kappa shape index (κ2) is 6.40. The highest BCUT2D eigenvalue weighted by molar-refractivity contribution is 5.21. The van der Waals surface area contributed by atoms with Gasteiger partial charge in [-0.25, -0.2) is 0 Å². The molecule has 1 N–H and O–H groups in total. The fourth-order valence-electron chi connectivity index (χ4n) is 3.27. The lowest BCUT2D eigenvalue weighted by Crippen LogP contribution is -2.49. The molecule has 0 radical (unpaired) electrons. The molecule has 1 aromatic rings. The predicted molar refractivity (Wildman–Crippen MR) is 77.6 cm³/mol. The van der Waals surface area contributed by atoms with Crippen LogP contribution in [0.1, 0.15) is 25.7 Å². The average molecular weight is 260 g/mol. The van der Waals surface area contributed by atoms with Crippen LogP contribution in [-0.4, -0.2) is 43.2 Å².